The van der Waals surface area contributed by atoms with Crippen molar-refractivity contribution >= 4 is 17.5 Å². The van der Waals surface area contributed by atoms with Gasteiger partial charge in [0.25, 0.3) is 5.91 Å². The third kappa shape index (κ3) is 5.08. The Morgan fingerprint density at radius 2 is 1.88 bits per heavy atom. The topological polar surface area (TPSA) is 76.5 Å². The first kappa shape index (κ1) is 18.0. The van der Waals surface area contributed by atoms with Crippen molar-refractivity contribution in [3.8, 4) is 5.75 Å². The summed E-state index contributed by atoms with van der Waals surface area (Å²) in [6.07, 6.45) is 6.86. The summed E-state index contributed by atoms with van der Waals surface area (Å²) in [5, 5.41) is 6.90. The molecule has 0 spiro atoms. The molecule has 1 aliphatic rings. The van der Waals surface area contributed by atoms with Gasteiger partial charge in [-0.1, -0.05) is 0 Å². The summed E-state index contributed by atoms with van der Waals surface area (Å²) in [7, 11) is 0. The largest absolute Gasteiger partial charge is 0.484 e. The molecule has 1 aromatic carbocycles. The number of aromatic nitrogens is 2. The van der Waals surface area contributed by atoms with E-state index in [9.17, 15) is 9.59 Å². The Morgan fingerprint density at radius 1 is 1.15 bits per heavy atom. The summed E-state index contributed by atoms with van der Waals surface area (Å²) < 4.78 is 7.15. The van der Waals surface area contributed by atoms with Crippen LogP contribution in [-0.4, -0.2) is 46.2 Å². The van der Waals surface area contributed by atoms with Crippen LogP contribution in [0, 0.1) is 6.92 Å². The average Bonchev–Trinajstić information content (AvgIpc) is 3.06. The first-order chi connectivity index (χ1) is 12.6. The minimum atomic E-state index is -0.151. The van der Waals surface area contributed by atoms with E-state index in [1.165, 1.54) is 6.42 Å². The molecule has 2 heterocycles. The molecule has 0 atom stereocenters. The van der Waals surface area contributed by atoms with Crippen molar-refractivity contribution in [3.63, 3.8) is 0 Å². The van der Waals surface area contributed by atoms with Gasteiger partial charge in [-0.2, -0.15) is 5.10 Å². The highest BCUT2D eigenvalue weighted by molar-refractivity contribution is 5.90. The van der Waals surface area contributed by atoms with Crippen LogP contribution < -0.4 is 10.1 Å². The van der Waals surface area contributed by atoms with Gasteiger partial charge >= 0.3 is 0 Å². The van der Waals surface area contributed by atoms with Gasteiger partial charge in [0.15, 0.2) is 6.61 Å². The molecule has 0 unspecified atom stereocenters. The van der Waals surface area contributed by atoms with Crippen LogP contribution in [0.4, 0.5) is 5.69 Å². The molecule has 2 amide bonds. The zero-order valence-electron chi connectivity index (χ0n) is 15.0. The van der Waals surface area contributed by atoms with Crippen LogP contribution in [0.5, 0.6) is 5.75 Å². The summed E-state index contributed by atoms with van der Waals surface area (Å²) in [5.41, 5.74) is 1.69. The van der Waals surface area contributed by atoms with E-state index in [4.69, 9.17) is 4.74 Å². The van der Waals surface area contributed by atoms with E-state index in [1.54, 1.807) is 35.1 Å². The van der Waals surface area contributed by atoms with Gasteiger partial charge < -0.3 is 15.0 Å². The molecule has 1 aromatic heterocycles. The molecule has 0 saturated carbocycles. The summed E-state index contributed by atoms with van der Waals surface area (Å²) >= 11 is 0. The van der Waals surface area contributed by atoms with Crippen LogP contribution in [0.25, 0.3) is 0 Å². The number of hydrogen-bond acceptors (Lipinski definition) is 4. The van der Waals surface area contributed by atoms with Crippen LogP contribution in [0.1, 0.15) is 24.8 Å². The maximum Gasteiger partial charge on any atom is 0.260 e. The van der Waals surface area contributed by atoms with E-state index in [0.29, 0.717) is 11.4 Å². The van der Waals surface area contributed by atoms with Crippen molar-refractivity contribution < 1.29 is 14.3 Å². The molecule has 7 nitrogen and oxygen atoms in total. The molecule has 1 saturated heterocycles. The summed E-state index contributed by atoms with van der Waals surface area (Å²) in [5.74, 6) is 0.481. The second kappa shape index (κ2) is 8.51. The van der Waals surface area contributed by atoms with E-state index < -0.39 is 0 Å². The summed E-state index contributed by atoms with van der Waals surface area (Å²) in [4.78, 5) is 26.0. The van der Waals surface area contributed by atoms with E-state index in [0.717, 1.165) is 31.5 Å². The molecular formula is C19H24N4O3. The normalized spacial score (nSPS) is 14.1. The monoisotopic (exact) mass is 356 g/mol. The van der Waals surface area contributed by atoms with Gasteiger partial charge in [-0.3, -0.25) is 14.3 Å². The number of piperidine rings is 1. The number of nitrogens with zero attached hydrogens (tertiary/aromatic N) is 3. The molecule has 0 bridgehead atoms. The number of aryl methyl sites for hydroxylation is 1. The number of amides is 2. The van der Waals surface area contributed by atoms with Crippen molar-refractivity contribution in [3.05, 3.63) is 42.2 Å². The van der Waals surface area contributed by atoms with Crippen LogP contribution in [0.3, 0.4) is 0 Å². The van der Waals surface area contributed by atoms with Gasteiger partial charge in [0.05, 0.1) is 6.20 Å². The number of anilines is 1. The molecule has 2 aromatic rings. The minimum absolute atomic E-state index is 0.0246. The fraction of sp³-hybridized carbons (Fsp3) is 0.421. The van der Waals surface area contributed by atoms with Gasteiger partial charge in [-0.25, -0.2) is 0 Å². The average molecular weight is 356 g/mol. The lowest BCUT2D eigenvalue weighted by Gasteiger charge is -2.26. The van der Waals surface area contributed by atoms with Crippen molar-refractivity contribution in [1.82, 2.24) is 14.7 Å². The number of carbonyl (C=O) groups excluding carboxylic acids is 2. The number of likely N-dealkylation sites (tertiary alicyclic amines) is 1. The Bertz CT molecular complexity index is 748. The highest BCUT2D eigenvalue weighted by Crippen LogP contribution is 2.16. The minimum Gasteiger partial charge on any atom is -0.484 e. The number of ether oxygens (including phenoxy) is 1. The third-order valence-corrected chi connectivity index (χ3v) is 4.28. The number of benzene rings is 1. The Balaban J connectivity index is 1.45. The number of hydrogen-bond donors (Lipinski definition) is 1. The fourth-order valence-corrected chi connectivity index (χ4v) is 2.92. The van der Waals surface area contributed by atoms with Gasteiger partial charge in [-0.05, 0) is 56.0 Å². The van der Waals surface area contributed by atoms with Crippen molar-refractivity contribution in [1.29, 1.82) is 0 Å². The van der Waals surface area contributed by atoms with Crippen molar-refractivity contribution in [2.24, 2.45) is 0 Å². The van der Waals surface area contributed by atoms with E-state index in [1.807, 2.05) is 18.0 Å². The Morgan fingerprint density at radius 3 is 2.54 bits per heavy atom. The smallest absolute Gasteiger partial charge is 0.260 e. The maximum absolute atomic E-state index is 12.1. The van der Waals surface area contributed by atoms with Crippen LogP contribution >= 0.6 is 0 Å². The predicted molar refractivity (Wildman–Crippen MR) is 98.0 cm³/mol. The summed E-state index contributed by atoms with van der Waals surface area (Å²) in [6.45, 7) is 3.78. The molecule has 0 radical (unpaired) electrons. The lowest BCUT2D eigenvalue weighted by atomic mass is 10.1. The number of carbonyl (C=O) groups is 2. The summed E-state index contributed by atoms with van der Waals surface area (Å²) in [6, 6.07) is 7.01. The molecule has 3 rings (SSSR count). The SMILES string of the molecule is Cc1cnn(CC(=O)Nc2ccc(OCC(=O)N3CCCCC3)cc2)c1. The third-order valence-electron chi connectivity index (χ3n) is 4.28. The standard InChI is InChI=1S/C19H24N4O3/c1-15-11-20-23(12-15)13-18(24)21-16-5-7-17(8-6-16)26-14-19(25)22-9-3-2-4-10-22/h5-8,11-12H,2-4,9-10,13-14H2,1H3,(H,21,24). The van der Waals surface area contributed by atoms with Crippen LogP contribution in [0.15, 0.2) is 36.7 Å². The predicted octanol–water partition coefficient (Wildman–Crippen LogP) is 2.22. The van der Waals surface area contributed by atoms with E-state index >= 15 is 0 Å². The van der Waals surface area contributed by atoms with E-state index in [2.05, 4.69) is 10.4 Å². The molecule has 0 aliphatic carbocycles. The number of nitrogens with one attached hydrogen (secondary N) is 1. The van der Waals surface area contributed by atoms with Crippen molar-refractivity contribution in [2.75, 3.05) is 25.0 Å². The maximum atomic E-state index is 12.1. The highest BCUT2D eigenvalue weighted by Gasteiger charge is 2.16. The quantitative estimate of drug-likeness (QED) is 0.861. The van der Waals surface area contributed by atoms with Gasteiger partial charge in [0.1, 0.15) is 12.3 Å². The highest BCUT2D eigenvalue weighted by atomic mass is 16.5. The van der Waals surface area contributed by atoms with Crippen molar-refractivity contribution in [2.45, 2.75) is 32.7 Å². The van der Waals surface area contributed by atoms with Gasteiger partial charge in [0.2, 0.25) is 5.91 Å². The lowest BCUT2D eigenvalue weighted by Crippen LogP contribution is -2.38. The zero-order valence-corrected chi connectivity index (χ0v) is 15.0. The fourth-order valence-electron chi connectivity index (χ4n) is 2.92. The molecule has 26 heavy (non-hydrogen) atoms. The zero-order chi connectivity index (χ0) is 18.4. The Kier molecular flexibility index (Phi) is 5.88. The van der Waals surface area contributed by atoms with Gasteiger partial charge in [0, 0.05) is 25.0 Å². The second-order valence-corrected chi connectivity index (χ2v) is 6.52. The van der Waals surface area contributed by atoms with Crippen LogP contribution in [-0.2, 0) is 16.1 Å². The molecule has 1 fully saturated rings. The van der Waals surface area contributed by atoms with Gasteiger partial charge in [-0.15, -0.1) is 0 Å². The number of rotatable bonds is 6. The first-order valence-corrected chi connectivity index (χ1v) is 8.90. The lowest BCUT2D eigenvalue weighted by molar-refractivity contribution is -0.134. The molecule has 1 aliphatic heterocycles. The van der Waals surface area contributed by atoms with E-state index in [-0.39, 0.29) is 25.0 Å². The molecular weight excluding hydrogens is 332 g/mol. The molecule has 7 heteroatoms. The molecule has 1 N–H and O–H groups in total. The Labute approximate surface area is 152 Å². The molecule has 138 valence electrons. The Hall–Kier alpha value is -2.83. The van der Waals surface area contributed by atoms with Crippen LogP contribution in [0.2, 0.25) is 0 Å². The first-order valence-electron chi connectivity index (χ1n) is 8.90. The second-order valence-electron chi connectivity index (χ2n) is 6.52.